The first-order valence-electron chi connectivity index (χ1n) is 16.7. The van der Waals surface area contributed by atoms with Crippen molar-refractivity contribution in [2.45, 2.75) is 0 Å². The fraction of sp³-hybridized carbons (Fsp3) is 0. The van der Waals surface area contributed by atoms with Crippen LogP contribution in [0.1, 0.15) is 0 Å². The van der Waals surface area contributed by atoms with E-state index < -0.39 is 0 Å². The Hall–Kier alpha value is -6.24. The van der Waals surface area contributed by atoms with E-state index in [1.165, 1.54) is 98.0 Å². The van der Waals surface area contributed by atoms with Gasteiger partial charge in [-0.25, -0.2) is 0 Å². The van der Waals surface area contributed by atoms with E-state index in [2.05, 4.69) is 182 Å². The molecule has 10 aromatic carbocycles. The monoisotopic (exact) mass is 606 g/mol. The molecule has 0 atom stereocenters. The first kappa shape index (κ1) is 26.9. The zero-order valence-electron chi connectivity index (χ0n) is 26.3. The van der Waals surface area contributed by atoms with Crippen LogP contribution in [0.25, 0.3) is 98.0 Å². The molecule has 0 aromatic heterocycles. The van der Waals surface area contributed by atoms with Crippen molar-refractivity contribution in [1.82, 2.24) is 0 Å². The van der Waals surface area contributed by atoms with E-state index in [0.717, 1.165) is 0 Å². The average Bonchev–Trinajstić information content (AvgIpc) is 3.14. The van der Waals surface area contributed by atoms with E-state index in [0.29, 0.717) is 0 Å². The van der Waals surface area contributed by atoms with Gasteiger partial charge >= 0.3 is 0 Å². The fourth-order valence-corrected chi connectivity index (χ4v) is 7.79. The Balaban J connectivity index is 1.08. The van der Waals surface area contributed by atoms with E-state index in [4.69, 9.17) is 0 Å². The van der Waals surface area contributed by atoms with Crippen LogP contribution in [0, 0.1) is 0 Å². The second-order valence-corrected chi connectivity index (χ2v) is 12.9. The predicted molar refractivity (Wildman–Crippen MR) is 208 cm³/mol. The lowest BCUT2D eigenvalue weighted by atomic mass is 9.89. The summed E-state index contributed by atoms with van der Waals surface area (Å²) in [5.41, 5.74) is 7.50. The molecular weight excluding hydrogens is 577 g/mol. The smallest absolute Gasteiger partial charge is 0.00266 e. The Morgan fingerprint density at radius 2 is 0.479 bits per heavy atom. The number of rotatable bonds is 3. The Morgan fingerprint density at radius 1 is 0.188 bits per heavy atom. The number of hydrogen-bond donors (Lipinski definition) is 0. The average molecular weight is 607 g/mol. The maximum atomic E-state index is 2.36. The molecule has 48 heavy (non-hydrogen) atoms. The highest BCUT2D eigenvalue weighted by Crippen LogP contribution is 2.41. The van der Waals surface area contributed by atoms with Crippen molar-refractivity contribution in [3.63, 3.8) is 0 Å². The third kappa shape index (κ3) is 4.31. The minimum atomic E-state index is 1.22. The van der Waals surface area contributed by atoms with Gasteiger partial charge in [-0.2, -0.15) is 0 Å². The van der Waals surface area contributed by atoms with Gasteiger partial charge in [-0.15, -0.1) is 0 Å². The second-order valence-electron chi connectivity index (χ2n) is 12.9. The summed E-state index contributed by atoms with van der Waals surface area (Å²) in [4.78, 5) is 0. The molecule has 0 aliphatic heterocycles. The molecular formula is C48H30. The zero-order chi connectivity index (χ0) is 31.6. The molecule has 10 rings (SSSR count). The van der Waals surface area contributed by atoms with Gasteiger partial charge in [0.25, 0.3) is 0 Å². The lowest BCUT2D eigenvalue weighted by molar-refractivity contribution is 1.61. The molecule has 0 heteroatoms. The molecule has 0 nitrogen and oxygen atoms in total. The zero-order valence-corrected chi connectivity index (χ0v) is 26.3. The molecule has 0 aliphatic rings. The van der Waals surface area contributed by atoms with Crippen molar-refractivity contribution in [3.05, 3.63) is 182 Å². The third-order valence-electron chi connectivity index (χ3n) is 10.1. The number of fused-ring (bicyclic) bond motifs is 6. The van der Waals surface area contributed by atoms with Crippen molar-refractivity contribution < 1.29 is 0 Å². The molecule has 0 bridgehead atoms. The standard InChI is InChI=1S/C48H30/c1-3-11-37-29-45-41(25-35(37)9-1)27-39-13-5-7-15-43(39)47(45)33-21-17-31(18-22-33)32-19-23-34(24-20-32)48-44-16-8-6-14-40(44)28-42-26-36-10-2-4-12-38(36)30-46(42)48/h1-30H. The van der Waals surface area contributed by atoms with Crippen molar-refractivity contribution in [3.8, 4) is 33.4 Å². The molecule has 222 valence electrons. The highest BCUT2D eigenvalue weighted by Gasteiger charge is 2.14. The molecule has 0 unspecified atom stereocenters. The summed E-state index contributed by atoms with van der Waals surface area (Å²) < 4.78 is 0. The van der Waals surface area contributed by atoms with Crippen LogP contribution in [-0.4, -0.2) is 0 Å². The quantitative estimate of drug-likeness (QED) is 0.176. The Kier molecular flexibility index (Phi) is 5.98. The number of benzene rings is 10. The van der Waals surface area contributed by atoms with Crippen LogP contribution in [0.5, 0.6) is 0 Å². The maximum absolute atomic E-state index is 2.36. The first-order valence-corrected chi connectivity index (χ1v) is 16.7. The first-order chi connectivity index (χ1) is 23.8. The normalized spacial score (nSPS) is 11.8. The maximum Gasteiger partial charge on any atom is -0.00266 e. The Labute approximate surface area is 279 Å². The summed E-state index contributed by atoms with van der Waals surface area (Å²) in [5, 5.41) is 15.3. The predicted octanol–water partition coefficient (Wildman–Crippen LogP) is 13.6. The molecule has 0 N–H and O–H groups in total. The fourth-order valence-electron chi connectivity index (χ4n) is 7.79. The lowest BCUT2D eigenvalue weighted by Crippen LogP contribution is -1.88. The van der Waals surface area contributed by atoms with Crippen molar-refractivity contribution in [2.75, 3.05) is 0 Å². The largest absolute Gasteiger partial charge is 0.0616 e. The van der Waals surface area contributed by atoms with Gasteiger partial charge in [-0.1, -0.05) is 146 Å². The van der Waals surface area contributed by atoms with Gasteiger partial charge in [-0.3, -0.25) is 0 Å². The summed E-state index contributed by atoms with van der Waals surface area (Å²) in [6.45, 7) is 0. The van der Waals surface area contributed by atoms with Gasteiger partial charge in [0.1, 0.15) is 0 Å². The van der Waals surface area contributed by atoms with Crippen LogP contribution in [-0.2, 0) is 0 Å². The Bertz CT molecular complexity index is 2650. The van der Waals surface area contributed by atoms with Crippen molar-refractivity contribution in [2.24, 2.45) is 0 Å². The molecule has 10 aromatic rings. The topological polar surface area (TPSA) is 0 Å². The third-order valence-corrected chi connectivity index (χ3v) is 10.1. The van der Waals surface area contributed by atoms with Gasteiger partial charge in [-0.05, 0) is 134 Å². The van der Waals surface area contributed by atoms with Crippen LogP contribution >= 0.6 is 0 Å². The van der Waals surface area contributed by atoms with Crippen molar-refractivity contribution in [1.29, 1.82) is 0 Å². The van der Waals surface area contributed by atoms with E-state index in [-0.39, 0.29) is 0 Å². The minimum Gasteiger partial charge on any atom is -0.0616 e. The van der Waals surface area contributed by atoms with Gasteiger partial charge in [0.05, 0.1) is 0 Å². The van der Waals surface area contributed by atoms with E-state index in [9.17, 15) is 0 Å². The van der Waals surface area contributed by atoms with E-state index in [1.54, 1.807) is 0 Å². The summed E-state index contributed by atoms with van der Waals surface area (Å²) in [7, 11) is 0. The molecule has 0 aliphatic carbocycles. The van der Waals surface area contributed by atoms with Crippen LogP contribution < -0.4 is 0 Å². The van der Waals surface area contributed by atoms with E-state index in [1.807, 2.05) is 0 Å². The molecule has 0 saturated carbocycles. The second kappa shape index (κ2) is 10.7. The van der Waals surface area contributed by atoms with Gasteiger partial charge in [0.15, 0.2) is 0 Å². The number of hydrogen-bond acceptors (Lipinski definition) is 0. The van der Waals surface area contributed by atoms with Crippen LogP contribution in [0.15, 0.2) is 182 Å². The van der Waals surface area contributed by atoms with Crippen LogP contribution in [0.3, 0.4) is 0 Å². The molecule has 0 spiro atoms. The summed E-state index contributed by atoms with van der Waals surface area (Å²) in [6, 6.07) is 67.2. The van der Waals surface area contributed by atoms with Gasteiger partial charge in [0, 0.05) is 0 Å². The highest BCUT2D eigenvalue weighted by molar-refractivity contribution is 6.17. The highest BCUT2D eigenvalue weighted by atomic mass is 14.2. The Morgan fingerprint density at radius 3 is 0.875 bits per heavy atom. The van der Waals surface area contributed by atoms with Crippen LogP contribution in [0.2, 0.25) is 0 Å². The SMILES string of the molecule is c1ccc2cc3c(-c4ccc(-c5ccc(-c6c7ccccc7cc7cc8ccccc8cc67)cc5)cc4)c4ccccc4cc3cc2c1. The molecule has 0 saturated heterocycles. The molecule has 0 heterocycles. The summed E-state index contributed by atoms with van der Waals surface area (Å²) in [6.07, 6.45) is 0. The molecule has 0 amide bonds. The molecule has 0 radical (unpaired) electrons. The minimum absolute atomic E-state index is 1.22. The van der Waals surface area contributed by atoms with Gasteiger partial charge in [0.2, 0.25) is 0 Å². The summed E-state index contributed by atoms with van der Waals surface area (Å²) >= 11 is 0. The van der Waals surface area contributed by atoms with Crippen molar-refractivity contribution >= 4 is 64.6 Å². The lowest BCUT2D eigenvalue weighted by Gasteiger charge is -2.15. The molecule has 0 fully saturated rings. The summed E-state index contributed by atoms with van der Waals surface area (Å²) in [5.74, 6) is 0. The van der Waals surface area contributed by atoms with Gasteiger partial charge < -0.3 is 0 Å². The van der Waals surface area contributed by atoms with Crippen LogP contribution in [0.4, 0.5) is 0 Å². The van der Waals surface area contributed by atoms with E-state index >= 15 is 0 Å².